The molecular weight excluding hydrogens is 314 g/mol. The molecule has 1 saturated heterocycles. The van der Waals surface area contributed by atoms with Crippen LogP contribution >= 0.6 is 0 Å². The predicted octanol–water partition coefficient (Wildman–Crippen LogP) is 1.83. The predicted molar refractivity (Wildman–Crippen MR) is 97.7 cm³/mol. The first-order valence-corrected chi connectivity index (χ1v) is 8.73. The molecule has 1 aliphatic rings. The highest BCUT2D eigenvalue weighted by molar-refractivity contribution is 5.93. The van der Waals surface area contributed by atoms with Crippen molar-refractivity contribution in [1.29, 1.82) is 0 Å². The quantitative estimate of drug-likeness (QED) is 0.817. The fourth-order valence-electron chi connectivity index (χ4n) is 3.27. The van der Waals surface area contributed by atoms with Crippen LogP contribution in [0.2, 0.25) is 0 Å². The molecule has 2 N–H and O–H groups in total. The number of quaternary nitrogens is 1. The third kappa shape index (κ3) is 4.45. The minimum absolute atomic E-state index is 0.0922. The zero-order chi connectivity index (χ0) is 17.7. The maximum Gasteiger partial charge on any atom is 0.295 e. The van der Waals surface area contributed by atoms with Gasteiger partial charge in [-0.15, -0.1) is 0 Å². The van der Waals surface area contributed by atoms with E-state index < -0.39 is 6.10 Å². The third-order valence-corrected chi connectivity index (χ3v) is 4.90. The Hall–Kier alpha value is -2.21. The fourth-order valence-corrected chi connectivity index (χ4v) is 3.27. The van der Waals surface area contributed by atoms with Gasteiger partial charge in [-0.25, -0.2) is 4.59 Å². The Labute approximate surface area is 149 Å². The number of amides is 1. The van der Waals surface area contributed by atoms with Gasteiger partial charge in [-0.1, -0.05) is 48.5 Å². The minimum Gasteiger partial charge on any atom is -0.382 e. The maximum atomic E-state index is 12.7. The molecule has 0 bridgehead atoms. The Kier molecular flexibility index (Phi) is 5.48. The molecule has 5 heteroatoms. The highest BCUT2D eigenvalue weighted by Gasteiger charge is 2.37. The lowest BCUT2D eigenvalue weighted by Gasteiger charge is -2.43. The van der Waals surface area contributed by atoms with Crippen molar-refractivity contribution in [2.24, 2.45) is 0 Å². The van der Waals surface area contributed by atoms with Crippen LogP contribution in [0.4, 0.5) is 0 Å². The first-order chi connectivity index (χ1) is 12.1. The number of aliphatic hydroxyl groups excluding tert-OH is 1. The Bertz CT molecular complexity index is 683. The summed E-state index contributed by atoms with van der Waals surface area (Å²) in [5, 5.41) is 10.7. The van der Waals surface area contributed by atoms with Gasteiger partial charge >= 0.3 is 0 Å². The molecule has 2 aromatic carbocycles. The van der Waals surface area contributed by atoms with E-state index in [1.807, 2.05) is 60.7 Å². The van der Waals surface area contributed by atoms with E-state index in [1.54, 1.807) is 0 Å². The molecule has 1 fully saturated rings. The summed E-state index contributed by atoms with van der Waals surface area (Å²) < 4.78 is 0.397. The van der Waals surface area contributed by atoms with Crippen LogP contribution in [0.25, 0.3) is 0 Å². The van der Waals surface area contributed by atoms with E-state index in [0.717, 1.165) is 31.7 Å². The maximum absolute atomic E-state index is 12.7. The number of hydrogen-bond acceptors (Lipinski definition) is 3. The number of aliphatic hydroxyl groups is 1. The first-order valence-electron chi connectivity index (χ1n) is 8.73. The van der Waals surface area contributed by atoms with E-state index in [4.69, 9.17) is 0 Å². The largest absolute Gasteiger partial charge is 0.382 e. The Morgan fingerprint density at radius 3 is 2.24 bits per heavy atom. The number of nitrogens with zero attached hydrogens (tertiary/aromatic N) is 2. The normalized spacial score (nSPS) is 18.5. The van der Waals surface area contributed by atoms with Gasteiger partial charge in [0.1, 0.15) is 25.7 Å². The SMILES string of the molecule is CN1CC[N+](CC(O)c2ccccc2)(NC(=O)c2ccccc2)CC1. The topological polar surface area (TPSA) is 52.6 Å². The Morgan fingerprint density at radius 2 is 1.64 bits per heavy atom. The number of carbonyl (C=O) groups is 1. The van der Waals surface area contributed by atoms with Crippen molar-refractivity contribution in [2.45, 2.75) is 6.10 Å². The summed E-state index contributed by atoms with van der Waals surface area (Å²) in [7, 11) is 2.08. The van der Waals surface area contributed by atoms with Crippen molar-refractivity contribution in [2.75, 3.05) is 39.8 Å². The molecule has 5 nitrogen and oxygen atoms in total. The van der Waals surface area contributed by atoms with E-state index >= 15 is 0 Å². The number of nitrogens with one attached hydrogen (secondary N) is 1. The fraction of sp³-hybridized carbons (Fsp3) is 0.350. The summed E-state index contributed by atoms with van der Waals surface area (Å²) in [5.41, 5.74) is 4.71. The van der Waals surface area contributed by atoms with Gasteiger partial charge in [0.05, 0.1) is 0 Å². The molecule has 1 heterocycles. The van der Waals surface area contributed by atoms with Crippen molar-refractivity contribution in [3.63, 3.8) is 0 Å². The molecule has 0 spiro atoms. The van der Waals surface area contributed by atoms with Crippen LogP contribution < -0.4 is 5.43 Å². The van der Waals surface area contributed by atoms with E-state index in [2.05, 4.69) is 17.4 Å². The van der Waals surface area contributed by atoms with Crippen LogP contribution in [-0.2, 0) is 0 Å². The van der Waals surface area contributed by atoms with Crippen LogP contribution in [0.5, 0.6) is 0 Å². The number of hydrogen-bond donors (Lipinski definition) is 2. The average molecular weight is 340 g/mol. The van der Waals surface area contributed by atoms with E-state index in [9.17, 15) is 9.90 Å². The van der Waals surface area contributed by atoms with Gasteiger partial charge in [0.25, 0.3) is 5.91 Å². The molecule has 0 radical (unpaired) electrons. The van der Waals surface area contributed by atoms with Crippen molar-refractivity contribution in [3.8, 4) is 0 Å². The number of carbonyl (C=O) groups excluding carboxylic acids is 1. The summed E-state index contributed by atoms with van der Waals surface area (Å²) in [6.45, 7) is 3.79. The molecular formula is C20H26N3O2+. The second kappa shape index (κ2) is 7.78. The second-order valence-electron chi connectivity index (χ2n) is 6.81. The van der Waals surface area contributed by atoms with Crippen molar-refractivity contribution in [3.05, 3.63) is 71.8 Å². The van der Waals surface area contributed by atoms with Gasteiger partial charge in [-0.2, -0.15) is 5.43 Å². The molecule has 3 rings (SSSR count). The molecule has 1 amide bonds. The highest BCUT2D eigenvalue weighted by Crippen LogP contribution is 2.20. The van der Waals surface area contributed by atoms with Crippen molar-refractivity contribution < 1.29 is 14.5 Å². The highest BCUT2D eigenvalue weighted by atomic mass is 16.3. The summed E-state index contributed by atoms with van der Waals surface area (Å²) in [6.07, 6.45) is -0.610. The number of likely N-dealkylation sites (N-methyl/N-ethyl adjacent to an activating group) is 1. The van der Waals surface area contributed by atoms with Gasteiger partial charge in [0.15, 0.2) is 0 Å². The zero-order valence-corrected chi connectivity index (χ0v) is 14.6. The number of piperazine rings is 1. The number of benzene rings is 2. The minimum atomic E-state index is -0.610. The molecule has 1 unspecified atom stereocenters. The number of rotatable bonds is 5. The average Bonchev–Trinajstić information content (AvgIpc) is 2.65. The van der Waals surface area contributed by atoms with Gasteiger partial charge in [0.2, 0.25) is 0 Å². The van der Waals surface area contributed by atoms with E-state index in [1.165, 1.54) is 0 Å². The molecule has 0 saturated carbocycles. The Balaban J connectivity index is 1.77. The standard InChI is InChI=1S/C20H25N3O2/c1-22-12-14-23(15-13-22,16-19(24)17-8-4-2-5-9-17)21-20(25)18-10-6-3-7-11-18/h2-11,19,24H,12-16H2,1H3/p+1. The molecule has 25 heavy (non-hydrogen) atoms. The lowest BCUT2D eigenvalue weighted by atomic mass is 10.1. The van der Waals surface area contributed by atoms with Gasteiger partial charge in [-0.05, 0) is 24.7 Å². The van der Waals surface area contributed by atoms with Crippen molar-refractivity contribution >= 4 is 5.91 Å². The van der Waals surface area contributed by atoms with Crippen LogP contribution in [0.1, 0.15) is 22.0 Å². The first kappa shape index (κ1) is 17.6. The molecule has 132 valence electrons. The van der Waals surface area contributed by atoms with Crippen molar-refractivity contribution in [1.82, 2.24) is 10.3 Å². The second-order valence-corrected chi connectivity index (χ2v) is 6.81. The van der Waals surface area contributed by atoms with Crippen LogP contribution in [0.15, 0.2) is 60.7 Å². The summed E-state index contributed by atoms with van der Waals surface area (Å²) in [6, 6.07) is 18.9. The molecule has 0 aromatic heterocycles. The van der Waals surface area contributed by atoms with E-state index in [-0.39, 0.29) is 5.91 Å². The zero-order valence-electron chi connectivity index (χ0n) is 14.6. The van der Waals surface area contributed by atoms with Gasteiger partial charge in [-0.3, -0.25) is 9.69 Å². The lowest BCUT2D eigenvalue weighted by Crippen LogP contribution is -2.68. The van der Waals surface area contributed by atoms with Crippen LogP contribution in [0.3, 0.4) is 0 Å². The summed E-state index contributed by atoms with van der Waals surface area (Å²) in [5.74, 6) is -0.0922. The molecule has 1 atom stereocenters. The van der Waals surface area contributed by atoms with Crippen LogP contribution in [0, 0.1) is 0 Å². The molecule has 2 aromatic rings. The monoisotopic (exact) mass is 340 g/mol. The third-order valence-electron chi connectivity index (χ3n) is 4.90. The smallest absolute Gasteiger partial charge is 0.295 e. The van der Waals surface area contributed by atoms with Crippen LogP contribution in [-0.4, -0.2) is 60.3 Å². The van der Waals surface area contributed by atoms with Gasteiger partial charge in [0, 0.05) is 18.7 Å². The molecule has 1 aliphatic heterocycles. The Morgan fingerprint density at radius 1 is 1.08 bits per heavy atom. The summed E-state index contributed by atoms with van der Waals surface area (Å²) in [4.78, 5) is 14.9. The van der Waals surface area contributed by atoms with Gasteiger partial charge < -0.3 is 5.11 Å². The van der Waals surface area contributed by atoms with E-state index in [0.29, 0.717) is 16.7 Å². The lowest BCUT2D eigenvalue weighted by molar-refractivity contribution is -0.967. The summed E-state index contributed by atoms with van der Waals surface area (Å²) >= 11 is 0. The molecule has 0 aliphatic carbocycles.